The number of piperidine rings is 2. The molecule has 5 aliphatic rings. The Kier molecular flexibility index (Phi) is 12.7. The average Bonchev–Trinajstić information content (AvgIpc) is 4.09. The first-order chi connectivity index (χ1) is 33.5. The Labute approximate surface area is 406 Å². The van der Waals surface area contributed by atoms with E-state index in [4.69, 9.17) is 24.9 Å². The zero-order valence-corrected chi connectivity index (χ0v) is 40.4. The number of oxazole rings is 1. The molecular formula is C52H62N10O6S. The second kappa shape index (κ2) is 19.2. The highest BCUT2D eigenvalue weighted by Gasteiger charge is 2.34. The van der Waals surface area contributed by atoms with Gasteiger partial charge in [0, 0.05) is 93.9 Å². The number of thiophene rings is 1. The molecule has 0 radical (unpaired) electrons. The summed E-state index contributed by atoms with van der Waals surface area (Å²) in [4.78, 5) is 57.0. The summed E-state index contributed by atoms with van der Waals surface area (Å²) >= 11 is 1.77. The van der Waals surface area contributed by atoms with Crippen LogP contribution in [0.4, 0.5) is 11.8 Å². The Morgan fingerprint density at radius 1 is 0.754 bits per heavy atom. The van der Waals surface area contributed by atoms with E-state index < -0.39 is 0 Å². The second-order valence-electron chi connectivity index (χ2n) is 19.9. The lowest BCUT2D eigenvalue weighted by Gasteiger charge is -2.43. The van der Waals surface area contributed by atoms with Gasteiger partial charge in [0.15, 0.2) is 17.2 Å². The number of phenolic OH excluding ortho intramolecular Hbond substituents is 2. The van der Waals surface area contributed by atoms with Gasteiger partial charge in [0.25, 0.3) is 11.9 Å². The van der Waals surface area contributed by atoms with Crippen LogP contribution in [0.2, 0.25) is 0 Å². The summed E-state index contributed by atoms with van der Waals surface area (Å²) < 4.78 is 12.3. The molecule has 4 saturated heterocycles. The summed E-state index contributed by atoms with van der Waals surface area (Å²) in [7, 11) is 0. The van der Waals surface area contributed by atoms with Crippen molar-refractivity contribution >= 4 is 56.3 Å². The van der Waals surface area contributed by atoms with E-state index in [1.165, 1.54) is 16.5 Å². The molecule has 0 aliphatic carbocycles. The van der Waals surface area contributed by atoms with E-state index in [0.29, 0.717) is 60.7 Å². The van der Waals surface area contributed by atoms with Gasteiger partial charge in [-0.25, -0.2) is 9.97 Å². The molecule has 2 amide bonds. The number of hydrogen-bond acceptors (Lipinski definition) is 15. The maximum absolute atomic E-state index is 13.9. The molecule has 3 aromatic carbocycles. The minimum Gasteiger partial charge on any atom is -0.508 e. The molecule has 0 unspecified atom stereocenters. The first kappa shape index (κ1) is 45.6. The number of anilines is 2. The van der Waals surface area contributed by atoms with Crippen molar-refractivity contribution in [2.45, 2.75) is 77.7 Å². The number of likely N-dealkylation sites (tertiary alicyclic amines) is 2. The number of rotatable bonds is 10. The summed E-state index contributed by atoms with van der Waals surface area (Å²) in [5.41, 5.74) is 13.4. The number of benzene rings is 3. The van der Waals surface area contributed by atoms with E-state index in [9.17, 15) is 19.8 Å². The third kappa shape index (κ3) is 9.46. The number of hydrogen-bond donors (Lipinski definition) is 3. The summed E-state index contributed by atoms with van der Waals surface area (Å²) in [5, 5.41) is 20.8. The smallest absolute Gasteiger partial charge is 0.292 e. The van der Waals surface area contributed by atoms with Crippen LogP contribution in [0, 0.1) is 5.92 Å². The van der Waals surface area contributed by atoms with Crippen molar-refractivity contribution in [2.24, 2.45) is 5.92 Å². The number of carbonyl (C=O) groups excluding carboxylic acids is 2. The quantitative estimate of drug-likeness (QED) is 0.133. The second-order valence-corrected chi connectivity index (χ2v) is 21.0. The van der Waals surface area contributed by atoms with Gasteiger partial charge in [-0.1, -0.05) is 32.0 Å². The predicted molar refractivity (Wildman–Crippen MR) is 266 cm³/mol. The molecule has 11 rings (SSSR count). The van der Waals surface area contributed by atoms with Gasteiger partial charge >= 0.3 is 0 Å². The molecule has 3 aromatic heterocycles. The first-order valence-electron chi connectivity index (χ1n) is 24.7. The summed E-state index contributed by atoms with van der Waals surface area (Å²) in [6.07, 6.45) is 3.99. The molecule has 69 heavy (non-hydrogen) atoms. The minimum atomic E-state index is -0.224. The number of fused-ring (bicyclic) bond motifs is 3. The fourth-order valence-electron chi connectivity index (χ4n) is 11.2. The van der Waals surface area contributed by atoms with E-state index >= 15 is 0 Å². The molecule has 5 aliphatic heterocycles. The normalized spacial score (nSPS) is 19.4. The van der Waals surface area contributed by atoms with Crippen molar-refractivity contribution in [1.82, 2.24) is 39.5 Å². The van der Waals surface area contributed by atoms with Crippen molar-refractivity contribution in [3.05, 3.63) is 87.3 Å². The summed E-state index contributed by atoms with van der Waals surface area (Å²) in [5.74, 6) is 1.61. The predicted octanol–water partition coefficient (Wildman–Crippen LogP) is 6.63. The van der Waals surface area contributed by atoms with Gasteiger partial charge in [-0.15, -0.1) is 11.3 Å². The van der Waals surface area contributed by atoms with Gasteiger partial charge in [0.1, 0.15) is 17.0 Å². The number of nitrogens with two attached hydrogens (primary N) is 1. The molecule has 0 bridgehead atoms. The first-order valence-corrected chi connectivity index (χ1v) is 25.5. The molecule has 4 fully saturated rings. The standard InChI is InChI=1S/C52H62N10O6S/c1-32(2)40-26-41(45(64)27-44(40)63)51(66)62-29-36-4-3-33(23-37(36)30-62)28-57-13-9-38(10-14-57)59-15-17-61(18-16-59)50(65)34-7-11-58(12-8-34)31-39-25-43-47(69-39)49(60-19-21-67-22-20-60)56-48(54-43)35-5-6-46-42(24-35)55-52(53)68-46/h3-6,23-27,32,34,38,63-64H,7-22,28-31H2,1-2H3,(H2,53,55). The van der Waals surface area contributed by atoms with Crippen LogP contribution in [0.15, 0.2) is 59.0 Å². The van der Waals surface area contributed by atoms with Crippen LogP contribution in [0.5, 0.6) is 11.5 Å². The molecule has 0 spiro atoms. The van der Waals surface area contributed by atoms with Crippen LogP contribution >= 0.6 is 11.3 Å². The lowest BCUT2D eigenvalue weighted by Crippen LogP contribution is -2.55. The molecule has 362 valence electrons. The zero-order chi connectivity index (χ0) is 47.3. The lowest BCUT2D eigenvalue weighted by molar-refractivity contribution is -0.139. The Bertz CT molecular complexity index is 2870. The summed E-state index contributed by atoms with van der Waals surface area (Å²) in [6.45, 7) is 16.8. The van der Waals surface area contributed by atoms with Crippen LogP contribution in [0.1, 0.15) is 82.9 Å². The fraction of sp³-hybridized carbons (Fsp3) is 0.481. The Balaban J connectivity index is 0.640. The van der Waals surface area contributed by atoms with Gasteiger partial charge < -0.3 is 39.8 Å². The number of piperazine rings is 1. The zero-order valence-electron chi connectivity index (χ0n) is 39.6. The third-order valence-electron chi connectivity index (χ3n) is 15.1. The highest BCUT2D eigenvalue weighted by molar-refractivity contribution is 7.19. The number of ether oxygens (including phenoxy) is 1. The molecule has 16 nitrogen and oxygen atoms in total. The maximum Gasteiger partial charge on any atom is 0.292 e. The van der Waals surface area contributed by atoms with Crippen molar-refractivity contribution in [2.75, 3.05) is 89.3 Å². The van der Waals surface area contributed by atoms with E-state index in [-0.39, 0.29) is 40.8 Å². The molecule has 8 heterocycles. The van der Waals surface area contributed by atoms with E-state index in [1.807, 2.05) is 32.0 Å². The van der Waals surface area contributed by atoms with Gasteiger partial charge in [0.05, 0.1) is 29.0 Å². The highest BCUT2D eigenvalue weighted by Crippen LogP contribution is 2.38. The Hall–Kier alpha value is -5.85. The molecule has 17 heteroatoms. The van der Waals surface area contributed by atoms with E-state index in [1.54, 1.807) is 22.3 Å². The van der Waals surface area contributed by atoms with Gasteiger partial charge in [-0.2, -0.15) is 4.98 Å². The lowest BCUT2D eigenvalue weighted by atomic mass is 9.94. The number of aromatic hydroxyl groups is 2. The number of carbonyl (C=O) groups is 2. The Morgan fingerprint density at radius 3 is 2.26 bits per heavy atom. The van der Waals surface area contributed by atoms with Gasteiger partial charge in [-0.05, 0) is 110 Å². The molecule has 0 atom stereocenters. The van der Waals surface area contributed by atoms with E-state index in [0.717, 1.165) is 137 Å². The van der Waals surface area contributed by atoms with Gasteiger partial charge in [-0.3, -0.25) is 24.3 Å². The van der Waals surface area contributed by atoms with Crippen LogP contribution in [0.25, 0.3) is 32.7 Å². The average molecular weight is 955 g/mol. The van der Waals surface area contributed by atoms with Crippen molar-refractivity contribution in [3.63, 3.8) is 0 Å². The SMILES string of the molecule is CC(C)c1cc(C(=O)N2Cc3ccc(CN4CCC(N5CCN(C(=O)C6CCN(Cc7cc8nc(-c9ccc%10oc(N)nc%10c9)nc(N9CCOCC9)c8s7)CC6)CC5)CC4)cc3C2)c(O)cc1O. The van der Waals surface area contributed by atoms with Crippen molar-refractivity contribution in [3.8, 4) is 22.9 Å². The minimum absolute atomic E-state index is 0.00863. The Morgan fingerprint density at radius 2 is 1.49 bits per heavy atom. The third-order valence-corrected chi connectivity index (χ3v) is 16.2. The molecule has 0 saturated carbocycles. The van der Waals surface area contributed by atoms with Crippen LogP contribution < -0.4 is 10.6 Å². The summed E-state index contributed by atoms with van der Waals surface area (Å²) in [6, 6.07) is 18.1. The van der Waals surface area contributed by atoms with E-state index in [2.05, 4.69) is 53.7 Å². The number of morpholine rings is 1. The number of amides is 2. The van der Waals surface area contributed by atoms with Crippen LogP contribution in [-0.2, 0) is 35.7 Å². The number of nitrogen functional groups attached to an aromatic ring is 1. The van der Waals surface area contributed by atoms with Gasteiger partial charge in [0.2, 0.25) is 5.91 Å². The highest BCUT2D eigenvalue weighted by atomic mass is 32.1. The fourth-order valence-corrected chi connectivity index (χ4v) is 12.3. The maximum atomic E-state index is 13.9. The topological polar surface area (TPSA) is 181 Å². The van der Waals surface area contributed by atoms with Crippen LogP contribution in [0.3, 0.4) is 0 Å². The number of aromatic nitrogens is 3. The largest absolute Gasteiger partial charge is 0.508 e. The molecular weight excluding hydrogens is 893 g/mol. The number of phenols is 2. The van der Waals surface area contributed by atoms with Crippen LogP contribution in [-0.4, -0.2) is 146 Å². The molecule has 6 aromatic rings. The molecule has 4 N–H and O–H groups in total. The number of nitrogens with zero attached hydrogens (tertiary/aromatic N) is 9. The van der Waals surface area contributed by atoms with Crippen molar-refractivity contribution in [1.29, 1.82) is 0 Å². The van der Waals surface area contributed by atoms with Crippen molar-refractivity contribution < 1.29 is 29.0 Å². The monoisotopic (exact) mass is 954 g/mol.